The van der Waals surface area contributed by atoms with Gasteiger partial charge in [0.25, 0.3) is 0 Å². The molecule has 1 aliphatic heterocycles. The first-order chi connectivity index (χ1) is 9.69. The first-order valence-corrected chi connectivity index (χ1v) is 7.25. The van der Waals surface area contributed by atoms with Crippen LogP contribution in [0.3, 0.4) is 0 Å². The highest BCUT2D eigenvalue weighted by atomic mass is 35.5. The van der Waals surface area contributed by atoms with Crippen molar-refractivity contribution in [1.29, 1.82) is 0 Å². The van der Waals surface area contributed by atoms with Crippen LogP contribution in [0, 0.1) is 6.92 Å². The van der Waals surface area contributed by atoms with Crippen LogP contribution in [0.1, 0.15) is 35.3 Å². The minimum atomic E-state index is 0.0855. The molecule has 2 aromatic carbocycles. The fourth-order valence-electron chi connectivity index (χ4n) is 2.85. The lowest BCUT2D eigenvalue weighted by Crippen LogP contribution is -2.27. The predicted octanol–water partition coefficient (Wildman–Crippen LogP) is 4.43. The van der Waals surface area contributed by atoms with Crippen LogP contribution in [0.5, 0.6) is 5.75 Å². The van der Waals surface area contributed by atoms with Crippen molar-refractivity contribution < 1.29 is 4.74 Å². The minimum absolute atomic E-state index is 0.0855. The van der Waals surface area contributed by atoms with Gasteiger partial charge in [-0.15, -0.1) is 0 Å². The van der Waals surface area contributed by atoms with Crippen LogP contribution in [-0.2, 0) is 0 Å². The topological polar surface area (TPSA) is 21.3 Å². The summed E-state index contributed by atoms with van der Waals surface area (Å²) in [6.07, 6.45) is 0.997. The van der Waals surface area contributed by atoms with Crippen molar-refractivity contribution in [3.05, 3.63) is 64.2 Å². The predicted molar refractivity (Wildman–Crippen MR) is 82.4 cm³/mol. The van der Waals surface area contributed by atoms with Crippen LogP contribution in [-0.4, -0.2) is 7.05 Å². The molecule has 0 aromatic heterocycles. The number of halogens is 1. The van der Waals surface area contributed by atoms with E-state index in [1.807, 2.05) is 25.2 Å². The zero-order valence-electron chi connectivity index (χ0n) is 11.7. The summed E-state index contributed by atoms with van der Waals surface area (Å²) in [4.78, 5) is 0. The number of aryl methyl sites for hydroxylation is 1. The highest BCUT2D eigenvalue weighted by Gasteiger charge is 2.29. The molecule has 0 aliphatic carbocycles. The molecule has 2 atom stereocenters. The second-order valence-corrected chi connectivity index (χ2v) is 5.66. The number of hydrogen-bond acceptors (Lipinski definition) is 2. The van der Waals surface area contributed by atoms with Crippen LogP contribution in [0.2, 0.25) is 5.02 Å². The van der Waals surface area contributed by atoms with E-state index in [0.29, 0.717) is 0 Å². The Morgan fingerprint density at radius 3 is 2.70 bits per heavy atom. The molecule has 0 saturated carbocycles. The molecule has 2 unspecified atom stereocenters. The number of fused-ring (bicyclic) bond motifs is 1. The molecule has 1 N–H and O–H groups in total. The lowest BCUT2D eigenvalue weighted by molar-refractivity contribution is 0.153. The second-order valence-electron chi connectivity index (χ2n) is 5.22. The Balaban J connectivity index is 1.99. The van der Waals surface area contributed by atoms with E-state index in [1.54, 1.807) is 0 Å². The maximum atomic E-state index is 6.19. The van der Waals surface area contributed by atoms with Crippen LogP contribution < -0.4 is 10.1 Å². The quantitative estimate of drug-likeness (QED) is 0.882. The summed E-state index contributed by atoms with van der Waals surface area (Å²) in [5, 5.41) is 4.12. The third kappa shape index (κ3) is 2.41. The number of ether oxygens (including phenoxy) is 1. The average Bonchev–Trinajstić information content (AvgIpc) is 2.46. The molecule has 1 aliphatic rings. The maximum Gasteiger partial charge on any atom is 0.126 e. The lowest BCUT2D eigenvalue weighted by Gasteiger charge is -2.33. The summed E-state index contributed by atoms with van der Waals surface area (Å²) in [5.41, 5.74) is 3.67. The number of nitrogens with one attached hydrogen (secondary N) is 1. The summed E-state index contributed by atoms with van der Waals surface area (Å²) in [6.45, 7) is 2.13. The van der Waals surface area contributed by atoms with Crippen molar-refractivity contribution in [2.45, 2.75) is 25.5 Å². The SMILES string of the molecule is CNC1CC(c2ccccc2C)Oc2ccc(Cl)cc21. The molecule has 20 heavy (non-hydrogen) atoms. The van der Waals surface area contributed by atoms with E-state index < -0.39 is 0 Å². The highest BCUT2D eigenvalue weighted by molar-refractivity contribution is 6.30. The third-order valence-corrected chi connectivity index (χ3v) is 4.19. The Morgan fingerprint density at radius 1 is 1.15 bits per heavy atom. The normalized spacial score (nSPS) is 21.1. The maximum absolute atomic E-state index is 6.19. The summed E-state index contributed by atoms with van der Waals surface area (Å²) >= 11 is 6.09. The zero-order chi connectivity index (χ0) is 14.1. The lowest BCUT2D eigenvalue weighted by atomic mass is 9.91. The van der Waals surface area contributed by atoms with Crippen molar-refractivity contribution in [3.8, 4) is 5.75 Å². The molecule has 0 bridgehead atoms. The first-order valence-electron chi connectivity index (χ1n) is 6.88. The van der Waals surface area contributed by atoms with Gasteiger partial charge in [0, 0.05) is 23.0 Å². The van der Waals surface area contributed by atoms with E-state index in [-0.39, 0.29) is 12.1 Å². The van der Waals surface area contributed by atoms with Gasteiger partial charge < -0.3 is 10.1 Å². The molecular weight excluding hydrogens is 270 g/mol. The van der Waals surface area contributed by atoms with E-state index in [2.05, 4.69) is 36.5 Å². The van der Waals surface area contributed by atoms with Gasteiger partial charge in [0.05, 0.1) is 0 Å². The average molecular weight is 288 g/mol. The molecule has 0 fully saturated rings. The van der Waals surface area contributed by atoms with Crippen molar-refractivity contribution in [2.75, 3.05) is 7.05 Å². The van der Waals surface area contributed by atoms with Gasteiger partial charge in [-0.05, 0) is 43.3 Å². The molecule has 3 rings (SSSR count). The smallest absolute Gasteiger partial charge is 0.126 e. The molecule has 104 valence electrons. The van der Waals surface area contributed by atoms with Crippen LogP contribution in [0.4, 0.5) is 0 Å². The van der Waals surface area contributed by atoms with Gasteiger partial charge in [-0.25, -0.2) is 0 Å². The number of benzene rings is 2. The van der Waals surface area contributed by atoms with Gasteiger partial charge in [0.1, 0.15) is 11.9 Å². The van der Waals surface area contributed by atoms with E-state index in [0.717, 1.165) is 22.8 Å². The molecule has 0 saturated heterocycles. The molecule has 3 heteroatoms. The van der Waals surface area contributed by atoms with Crippen molar-refractivity contribution >= 4 is 11.6 Å². The first kappa shape index (κ1) is 13.5. The Morgan fingerprint density at radius 2 is 1.95 bits per heavy atom. The largest absolute Gasteiger partial charge is 0.485 e. The molecule has 0 amide bonds. The molecule has 0 spiro atoms. The van der Waals surface area contributed by atoms with Gasteiger partial charge >= 0.3 is 0 Å². The Labute approximate surface area is 124 Å². The number of rotatable bonds is 2. The summed E-state index contributed by atoms with van der Waals surface area (Å²) in [6, 6.07) is 14.5. The van der Waals surface area contributed by atoms with E-state index >= 15 is 0 Å². The monoisotopic (exact) mass is 287 g/mol. The standard InChI is InChI=1S/C17H18ClNO/c1-11-5-3-4-6-13(11)17-10-15(19-2)14-9-12(18)7-8-16(14)20-17/h3-9,15,17,19H,10H2,1-2H3. The van der Waals surface area contributed by atoms with Crippen LogP contribution >= 0.6 is 11.6 Å². The van der Waals surface area contributed by atoms with Gasteiger partial charge in [-0.2, -0.15) is 0 Å². The van der Waals surface area contributed by atoms with Gasteiger partial charge in [-0.3, -0.25) is 0 Å². The highest BCUT2D eigenvalue weighted by Crippen LogP contribution is 2.42. The van der Waals surface area contributed by atoms with Crippen molar-refractivity contribution in [1.82, 2.24) is 5.32 Å². The fourth-order valence-corrected chi connectivity index (χ4v) is 3.03. The third-order valence-electron chi connectivity index (χ3n) is 3.95. The Hall–Kier alpha value is -1.51. The van der Waals surface area contributed by atoms with E-state index in [1.165, 1.54) is 11.1 Å². The Kier molecular flexibility index (Phi) is 3.68. The zero-order valence-corrected chi connectivity index (χ0v) is 12.4. The Bertz CT molecular complexity index is 626. The second kappa shape index (κ2) is 5.47. The van der Waals surface area contributed by atoms with E-state index in [9.17, 15) is 0 Å². The number of hydrogen-bond donors (Lipinski definition) is 1. The van der Waals surface area contributed by atoms with E-state index in [4.69, 9.17) is 16.3 Å². The molecule has 2 aromatic rings. The molecule has 0 radical (unpaired) electrons. The molecular formula is C17H18ClNO. The van der Waals surface area contributed by atoms with Crippen molar-refractivity contribution in [2.24, 2.45) is 0 Å². The fraction of sp³-hybridized carbons (Fsp3) is 0.294. The van der Waals surface area contributed by atoms with Crippen molar-refractivity contribution in [3.63, 3.8) is 0 Å². The molecule has 2 nitrogen and oxygen atoms in total. The van der Waals surface area contributed by atoms with Crippen LogP contribution in [0.15, 0.2) is 42.5 Å². The van der Waals surface area contributed by atoms with Gasteiger partial charge in [0.2, 0.25) is 0 Å². The minimum Gasteiger partial charge on any atom is -0.485 e. The van der Waals surface area contributed by atoms with Gasteiger partial charge in [0.15, 0.2) is 0 Å². The van der Waals surface area contributed by atoms with Crippen LogP contribution in [0.25, 0.3) is 0 Å². The summed E-state index contributed by atoms with van der Waals surface area (Å²) < 4.78 is 6.19. The van der Waals surface area contributed by atoms with Gasteiger partial charge in [-0.1, -0.05) is 35.9 Å². The summed E-state index contributed by atoms with van der Waals surface area (Å²) in [7, 11) is 1.98. The molecule has 1 heterocycles. The summed E-state index contributed by atoms with van der Waals surface area (Å²) in [5.74, 6) is 0.924.